The molecular weight excluding hydrogens is 352 g/mol. The van der Waals surface area contributed by atoms with E-state index in [1.807, 2.05) is 0 Å². The smallest absolute Gasteiger partial charge is 0.270 e. The first-order chi connectivity index (χ1) is 11.1. The minimum absolute atomic E-state index is 0. The summed E-state index contributed by atoms with van der Waals surface area (Å²) in [6, 6.07) is 6.12. The van der Waals surface area contributed by atoms with Crippen LogP contribution in [0, 0.1) is 10.1 Å². The van der Waals surface area contributed by atoms with E-state index in [2.05, 4.69) is 22.5 Å². The van der Waals surface area contributed by atoms with Crippen molar-refractivity contribution in [3.05, 3.63) is 45.5 Å². The van der Waals surface area contributed by atoms with Crippen molar-refractivity contribution in [2.45, 2.75) is 13.3 Å². The minimum atomic E-state index is -0.447. The topological polar surface area (TPSA) is 97.2 Å². The molecule has 2 rings (SSSR count). The molecule has 0 saturated carbocycles. The number of carbonyl (C=O) groups excluding carboxylic acids is 1. The van der Waals surface area contributed by atoms with Crippen molar-refractivity contribution in [1.82, 2.24) is 15.6 Å². The summed E-state index contributed by atoms with van der Waals surface area (Å²) in [4.78, 5) is 26.5. The molecule has 2 aromatic rings. The lowest BCUT2D eigenvalue weighted by molar-refractivity contribution is -0.384. The van der Waals surface area contributed by atoms with Crippen molar-refractivity contribution in [3.63, 3.8) is 0 Å². The number of hydrogen-bond donors (Lipinski definition) is 2. The predicted molar refractivity (Wildman–Crippen MR) is 96.9 cm³/mol. The van der Waals surface area contributed by atoms with Gasteiger partial charge in [-0.3, -0.25) is 14.9 Å². The molecule has 1 amide bonds. The molecule has 0 aliphatic heterocycles. The summed E-state index contributed by atoms with van der Waals surface area (Å²) in [5.41, 5.74) is 1.14. The van der Waals surface area contributed by atoms with E-state index in [4.69, 9.17) is 0 Å². The number of non-ortho nitro benzene ring substituents is 1. The predicted octanol–water partition coefficient (Wildman–Crippen LogP) is 2.87. The fourth-order valence-corrected chi connectivity index (χ4v) is 2.70. The monoisotopic (exact) mass is 370 g/mol. The Morgan fingerprint density at radius 2 is 1.96 bits per heavy atom. The average Bonchev–Trinajstić information content (AvgIpc) is 3.04. The molecule has 0 radical (unpaired) electrons. The van der Waals surface area contributed by atoms with Crippen LogP contribution in [0.5, 0.6) is 0 Å². The van der Waals surface area contributed by atoms with E-state index in [-0.39, 0.29) is 24.0 Å². The fraction of sp³-hybridized carbons (Fsp3) is 0.333. The van der Waals surface area contributed by atoms with Gasteiger partial charge < -0.3 is 10.6 Å². The third-order valence-corrected chi connectivity index (χ3v) is 3.97. The second-order valence-electron chi connectivity index (χ2n) is 4.85. The Hall–Kier alpha value is -2.03. The van der Waals surface area contributed by atoms with Crippen molar-refractivity contribution in [2.75, 3.05) is 19.6 Å². The first kappa shape index (κ1) is 20.0. The summed E-state index contributed by atoms with van der Waals surface area (Å²) in [5.74, 6) is -0.215. The molecule has 1 aromatic carbocycles. The van der Waals surface area contributed by atoms with Crippen LogP contribution in [0.2, 0.25) is 0 Å². The lowest BCUT2D eigenvalue weighted by Gasteiger charge is -2.04. The quantitative estimate of drug-likeness (QED) is 0.423. The fourth-order valence-electron chi connectivity index (χ4n) is 1.89. The largest absolute Gasteiger partial charge is 0.349 e. The van der Waals surface area contributed by atoms with E-state index >= 15 is 0 Å². The minimum Gasteiger partial charge on any atom is -0.349 e. The number of hydrogen-bond acceptors (Lipinski definition) is 6. The molecule has 0 aliphatic carbocycles. The van der Waals surface area contributed by atoms with Gasteiger partial charge in [0.1, 0.15) is 10.7 Å². The molecule has 0 unspecified atom stereocenters. The Bertz CT molecular complexity index is 676. The summed E-state index contributed by atoms with van der Waals surface area (Å²) >= 11 is 1.34. The molecule has 0 aliphatic rings. The molecule has 0 atom stereocenters. The molecule has 130 valence electrons. The van der Waals surface area contributed by atoms with Crippen LogP contribution in [0.25, 0.3) is 10.6 Å². The van der Waals surface area contributed by atoms with Crippen LogP contribution in [-0.4, -0.2) is 35.4 Å². The maximum atomic E-state index is 12.0. The molecule has 24 heavy (non-hydrogen) atoms. The molecular formula is C15H19ClN4O3S. The Labute approximate surface area is 150 Å². The molecule has 0 spiro atoms. The first-order valence-electron chi connectivity index (χ1n) is 7.31. The maximum Gasteiger partial charge on any atom is 0.270 e. The number of carbonyl (C=O) groups is 1. The molecule has 9 heteroatoms. The average molecular weight is 371 g/mol. The normalized spacial score (nSPS) is 10.0. The van der Waals surface area contributed by atoms with E-state index in [0.717, 1.165) is 25.1 Å². The SMILES string of the molecule is CCCNCCNC(=O)c1csc(-c2ccc([N+](=O)[O-])cc2)n1.Cl. The van der Waals surface area contributed by atoms with Crippen LogP contribution < -0.4 is 10.6 Å². The number of aromatic nitrogens is 1. The highest BCUT2D eigenvalue weighted by Crippen LogP contribution is 2.25. The number of halogens is 1. The van der Waals surface area contributed by atoms with Gasteiger partial charge in [-0.15, -0.1) is 23.7 Å². The summed E-state index contributed by atoms with van der Waals surface area (Å²) in [5, 5.41) is 19.0. The highest BCUT2D eigenvalue weighted by Gasteiger charge is 2.12. The van der Waals surface area contributed by atoms with Gasteiger partial charge in [0, 0.05) is 36.2 Å². The van der Waals surface area contributed by atoms with Crippen molar-refractivity contribution < 1.29 is 9.72 Å². The van der Waals surface area contributed by atoms with Gasteiger partial charge in [0.2, 0.25) is 0 Å². The van der Waals surface area contributed by atoms with Crippen molar-refractivity contribution >= 4 is 35.3 Å². The number of nitrogens with zero attached hydrogens (tertiary/aromatic N) is 2. The van der Waals surface area contributed by atoms with E-state index in [9.17, 15) is 14.9 Å². The Balaban J connectivity index is 0.00000288. The number of rotatable bonds is 8. The second kappa shape index (κ2) is 9.96. The van der Waals surface area contributed by atoms with Gasteiger partial charge in [-0.2, -0.15) is 0 Å². The molecule has 1 aromatic heterocycles. The number of thiazole rings is 1. The highest BCUT2D eigenvalue weighted by molar-refractivity contribution is 7.13. The van der Waals surface area contributed by atoms with E-state index in [0.29, 0.717) is 17.2 Å². The molecule has 0 fully saturated rings. The third kappa shape index (κ3) is 5.55. The number of nitro benzene ring substituents is 1. The molecule has 7 nitrogen and oxygen atoms in total. The van der Waals surface area contributed by atoms with Crippen LogP contribution in [0.1, 0.15) is 23.8 Å². The van der Waals surface area contributed by atoms with Crippen molar-refractivity contribution in [1.29, 1.82) is 0 Å². The van der Waals surface area contributed by atoms with Crippen LogP contribution in [0.15, 0.2) is 29.6 Å². The third-order valence-electron chi connectivity index (χ3n) is 3.08. The van der Waals surface area contributed by atoms with Gasteiger partial charge in [0.05, 0.1) is 4.92 Å². The lowest BCUT2D eigenvalue weighted by Crippen LogP contribution is -2.32. The Morgan fingerprint density at radius 3 is 2.58 bits per heavy atom. The zero-order valence-corrected chi connectivity index (χ0v) is 14.8. The Kier molecular flexibility index (Phi) is 8.31. The summed E-state index contributed by atoms with van der Waals surface area (Å²) < 4.78 is 0. The van der Waals surface area contributed by atoms with Gasteiger partial charge in [-0.05, 0) is 25.1 Å². The summed E-state index contributed by atoms with van der Waals surface area (Å²) in [6.07, 6.45) is 1.05. The van der Waals surface area contributed by atoms with Gasteiger partial charge in [0.15, 0.2) is 0 Å². The highest BCUT2D eigenvalue weighted by atomic mass is 35.5. The van der Waals surface area contributed by atoms with Gasteiger partial charge in [-0.1, -0.05) is 6.92 Å². The van der Waals surface area contributed by atoms with Crippen LogP contribution in [0.4, 0.5) is 5.69 Å². The lowest BCUT2D eigenvalue weighted by atomic mass is 10.2. The maximum absolute atomic E-state index is 12.0. The van der Waals surface area contributed by atoms with E-state index < -0.39 is 4.92 Å². The molecule has 2 N–H and O–H groups in total. The number of nitrogens with one attached hydrogen (secondary N) is 2. The van der Waals surface area contributed by atoms with E-state index in [1.165, 1.54) is 23.5 Å². The number of nitro groups is 1. The van der Waals surface area contributed by atoms with E-state index in [1.54, 1.807) is 17.5 Å². The van der Waals surface area contributed by atoms with Gasteiger partial charge in [0.25, 0.3) is 11.6 Å². The second-order valence-corrected chi connectivity index (χ2v) is 5.71. The standard InChI is InChI=1S/C15H18N4O3S.ClH/c1-2-7-16-8-9-17-14(20)13-10-23-15(18-13)11-3-5-12(6-4-11)19(21)22;/h3-6,10,16H,2,7-9H2,1H3,(H,17,20);1H. The summed E-state index contributed by atoms with van der Waals surface area (Å²) in [6.45, 7) is 4.28. The van der Waals surface area contributed by atoms with Gasteiger partial charge >= 0.3 is 0 Å². The van der Waals surface area contributed by atoms with Crippen LogP contribution in [0.3, 0.4) is 0 Å². The summed E-state index contributed by atoms with van der Waals surface area (Å²) in [7, 11) is 0. The van der Waals surface area contributed by atoms with Crippen LogP contribution in [-0.2, 0) is 0 Å². The molecule has 0 saturated heterocycles. The van der Waals surface area contributed by atoms with Gasteiger partial charge in [-0.25, -0.2) is 4.98 Å². The van der Waals surface area contributed by atoms with Crippen molar-refractivity contribution in [2.24, 2.45) is 0 Å². The number of benzene rings is 1. The Morgan fingerprint density at radius 1 is 1.25 bits per heavy atom. The molecule has 1 heterocycles. The molecule has 0 bridgehead atoms. The van der Waals surface area contributed by atoms with Crippen LogP contribution >= 0.6 is 23.7 Å². The number of amides is 1. The van der Waals surface area contributed by atoms with Crippen molar-refractivity contribution in [3.8, 4) is 10.6 Å². The first-order valence-corrected chi connectivity index (χ1v) is 8.19. The zero-order chi connectivity index (χ0) is 16.7. The zero-order valence-electron chi connectivity index (χ0n) is 13.2.